The maximum absolute atomic E-state index is 11.9. The van der Waals surface area contributed by atoms with Crippen LogP contribution in [-0.2, 0) is 6.54 Å². The van der Waals surface area contributed by atoms with Gasteiger partial charge in [0.2, 0.25) is 0 Å². The van der Waals surface area contributed by atoms with Crippen LogP contribution in [0.2, 0.25) is 0 Å². The monoisotopic (exact) mass is 283 g/mol. The molecule has 2 aromatic rings. The van der Waals surface area contributed by atoms with Crippen molar-refractivity contribution in [2.24, 2.45) is 0 Å². The van der Waals surface area contributed by atoms with E-state index >= 15 is 0 Å². The van der Waals surface area contributed by atoms with Crippen molar-refractivity contribution in [3.63, 3.8) is 0 Å². The van der Waals surface area contributed by atoms with Crippen LogP contribution in [0.15, 0.2) is 35.1 Å². The molecule has 0 saturated heterocycles. The van der Waals surface area contributed by atoms with Gasteiger partial charge in [0.1, 0.15) is 18.2 Å². The lowest BCUT2D eigenvalue weighted by atomic mass is 10.0. The Hall–Kier alpha value is -2.14. The molecule has 1 aromatic carbocycles. The number of para-hydroxylation sites is 1. The number of rotatable bonds is 4. The van der Waals surface area contributed by atoms with Crippen molar-refractivity contribution < 1.29 is 4.74 Å². The Kier molecular flexibility index (Phi) is 3.00. The molecular weight excluding hydrogens is 266 g/mol. The first-order chi connectivity index (χ1) is 10.3. The van der Waals surface area contributed by atoms with Crippen LogP contribution in [0.1, 0.15) is 35.8 Å². The lowest BCUT2D eigenvalue weighted by Gasteiger charge is -2.10. The summed E-state index contributed by atoms with van der Waals surface area (Å²) in [7, 11) is 0. The number of hydrogen-bond donors (Lipinski definition) is 2. The molecule has 5 nitrogen and oxygen atoms in total. The van der Waals surface area contributed by atoms with E-state index in [9.17, 15) is 4.79 Å². The molecule has 21 heavy (non-hydrogen) atoms. The van der Waals surface area contributed by atoms with Gasteiger partial charge in [0.15, 0.2) is 0 Å². The smallest absolute Gasteiger partial charge is 0.251 e. The first kappa shape index (κ1) is 12.6. The molecule has 1 aromatic heterocycles. The number of nitrogens with zero attached hydrogens (tertiary/aromatic N) is 1. The highest BCUT2D eigenvalue weighted by Crippen LogP contribution is 2.36. The second-order valence-corrected chi connectivity index (χ2v) is 5.68. The van der Waals surface area contributed by atoms with Crippen LogP contribution in [-0.4, -0.2) is 22.6 Å². The molecule has 1 aliphatic carbocycles. The molecule has 0 bridgehead atoms. The van der Waals surface area contributed by atoms with Gasteiger partial charge in [-0.2, -0.15) is 0 Å². The van der Waals surface area contributed by atoms with Gasteiger partial charge in [-0.25, -0.2) is 4.98 Å². The van der Waals surface area contributed by atoms with Crippen molar-refractivity contribution in [3.8, 4) is 5.75 Å². The third-order valence-electron chi connectivity index (χ3n) is 3.99. The normalized spacial score (nSPS) is 20.1. The fourth-order valence-corrected chi connectivity index (χ4v) is 2.71. The molecule has 1 fully saturated rings. The summed E-state index contributed by atoms with van der Waals surface area (Å²) in [4.78, 5) is 19.4. The summed E-state index contributed by atoms with van der Waals surface area (Å²) in [6.07, 6.45) is 2.44. The lowest BCUT2D eigenvalue weighted by molar-refractivity contribution is 0.339. The fourth-order valence-electron chi connectivity index (χ4n) is 2.71. The van der Waals surface area contributed by atoms with E-state index in [-0.39, 0.29) is 11.5 Å². The van der Waals surface area contributed by atoms with E-state index in [1.807, 2.05) is 24.3 Å². The zero-order valence-corrected chi connectivity index (χ0v) is 11.6. The second kappa shape index (κ2) is 5.00. The molecule has 2 N–H and O–H groups in total. The minimum atomic E-state index is -0.100. The van der Waals surface area contributed by atoms with Crippen LogP contribution in [0.4, 0.5) is 0 Å². The minimum absolute atomic E-state index is 0.00905. The number of aromatic nitrogens is 2. The van der Waals surface area contributed by atoms with Gasteiger partial charge in [0.05, 0.1) is 11.6 Å². The Morgan fingerprint density at radius 2 is 2.19 bits per heavy atom. The van der Waals surface area contributed by atoms with Gasteiger partial charge in [-0.1, -0.05) is 18.2 Å². The van der Waals surface area contributed by atoms with Gasteiger partial charge in [0.25, 0.3) is 5.56 Å². The molecular formula is C16H17N3O2. The highest BCUT2D eigenvalue weighted by atomic mass is 16.5. The van der Waals surface area contributed by atoms with Gasteiger partial charge in [-0.15, -0.1) is 0 Å². The molecule has 1 unspecified atom stereocenters. The van der Waals surface area contributed by atoms with Crippen molar-refractivity contribution in [1.82, 2.24) is 15.3 Å². The number of H-pyrrole nitrogens is 1. The van der Waals surface area contributed by atoms with Gasteiger partial charge >= 0.3 is 0 Å². The van der Waals surface area contributed by atoms with Crippen LogP contribution < -0.4 is 15.6 Å². The number of fused-ring (bicyclic) bond motifs is 1. The molecule has 1 aliphatic heterocycles. The zero-order valence-electron chi connectivity index (χ0n) is 11.6. The van der Waals surface area contributed by atoms with E-state index in [2.05, 4.69) is 15.3 Å². The maximum Gasteiger partial charge on any atom is 0.251 e. The number of hydrogen-bond acceptors (Lipinski definition) is 4. The summed E-state index contributed by atoms with van der Waals surface area (Å²) >= 11 is 0. The van der Waals surface area contributed by atoms with Crippen LogP contribution >= 0.6 is 0 Å². The molecule has 2 heterocycles. The van der Waals surface area contributed by atoms with Gasteiger partial charge in [0, 0.05) is 24.2 Å². The molecule has 1 saturated carbocycles. The third kappa shape index (κ3) is 2.56. The Bertz CT molecular complexity index is 721. The largest absolute Gasteiger partial charge is 0.492 e. The van der Waals surface area contributed by atoms with E-state index in [0.29, 0.717) is 25.0 Å². The van der Waals surface area contributed by atoms with Gasteiger partial charge in [-0.3, -0.25) is 4.79 Å². The molecule has 1 atom stereocenters. The standard InChI is InChI=1S/C16H17N3O2/c20-15-7-11(8-17-10-5-6-10)18-16(19-15)13-9-21-14-4-2-1-3-12(13)14/h1-4,7,10,13,17H,5-6,8-9H2,(H,18,19,20). The second-order valence-electron chi connectivity index (χ2n) is 5.68. The van der Waals surface area contributed by atoms with Crippen LogP contribution in [0, 0.1) is 0 Å². The number of benzene rings is 1. The Morgan fingerprint density at radius 1 is 1.33 bits per heavy atom. The van der Waals surface area contributed by atoms with Crippen molar-refractivity contribution in [2.75, 3.05) is 6.61 Å². The van der Waals surface area contributed by atoms with E-state index in [4.69, 9.17) is 4.74 Å². The molecule has 4 rings (SSSR count). The maximum atomic E-state index is 11.9. The summed E-state index contributed by atoms with van der Waals surface area (Å²) < 4.78 is 5.68. The van der Waals surface area contributed by atoms with Crippen LogP contribution in [0.25, 0.3) is 0 Å². The first-order valence-electron chi connectivity index (χ1n) is 7.35. The number of ether oxygens (including phenoxy) is 1. The number of aromatic amines is 1. The fraction of sp³-hybridized carbons (Fsp3) is 0.375. The van der Waals surface area contributed by atoms with Crippen molar-refractivity contribution >= 4 is 0 Å². The van der Waals surface area contributed by atoms with Gasteiger partial charge < -0.3 is 15.0 Å². The average Bonchev–Trinajstić information content (AvgIpc) is 3.22. The highest BCUT2D eigenvalue weighted by molar-refractivity contribution is 5.42. The zero-order chi connectivity index (χ0) is 14.2. The third-order valence-corrected chi connectivity index (χ3v) is 3.99. The van der Waals surface area contributed by atoms with E-state index in [1.54, 1.807) is 6.07 Å². The summed E-state index contributed by atoms with van der Waals surface area (Å²) in [5.74, 6) is 1.58. The summed E-state index contributed by atoms with van der Waals surface area (Å²) in [5, 5.41) is 3.39. The van der Waals surface area contributed by atoms with E-state index < -0.39 is 0 Å². The van der Waals surface area contributed by atoms with Crippen LogP contribution in [0.3, 0.4) is 0 Å². The van der Waals surface area contributed by atoms with Crippen LogP contribution in [0.5, 0.6) is 5.75 Å². The number of nitrogens with one attached hydrogen (secondary N) is 2. The van der Waals surface area contributed by atoms with Gasteiger partial charge in [-0.05, 0) is 18.9 Å². The minimum Gasteiger partial charge on any atom is -0.492 e. The molecule has 108 valence electrons. The molecule has 2 aliphatic rings. The van der Waals surface area contributed by atoms with Crippen molar-refractivity contribution in [1.29, 1.82) is 0 Å². The highest BCUT2D eigenvalue weighted by Gasteiger charge is 2.27. The quantitative estimate of drug-likeness (QED) is 0.893. The molecule has 5 heteroatoms. The summed E-state index contributed by atoms with van der Waals surface area (Å²) in [6.45, 7) is 1.18. The summed E-state index contributed by atoms with van der Waals surface area (Å²) in [6, 6.07) is 10.1. The molecule has 0 radical (unpaired) electrons. The van der Waals surface area contributed by atoms with Crippen molar-refractivity contribution in [3.05, 3.63) is 57.8 Å². The predicted octanol–water partition coefficient (Wildman–Crippen LogP) is 1.55. The summed E-state index contributed by atoms with van der Waals surface area (Å²) in [5.41, 5.74) is 1.79. The average molecular weight is 283 g/mol. The molecule has 0 amide bonds. The topological polar surface area (TPSA) is 67.0 Å². The molecule has 0 spiro atoms. The Morgan fingerprint density at radius 3 is 3.05 bits per heavy atom. The van der Waals surface area contributed by atoms with E-state index in [0.717, 1.165) is 17.0 Å². The van der Waals surface area contributed by atoms with Crippen molar-refractivity contribution in [2.45, 2.75) is 31.3 Å². The Balaban J connectivity index is 1.64. The lowest BCUT2D eigenvalue weighted by Crippen LogP contribution is -2.22. The predicted molar refractivity (Wildman–Crippen MR) is 78.5 cm³/mol. The van der Waals surface area contributed by atoms with E-state index in [1.165, 1.54) is 12.8 Å². The Labute approximate surface area is 122 Å². The first-order valence-corrected chi connectivity index (χ1v) is 7.35. The SMILES string of the molecule is O=c1cc(CNC2CC2)nc(C2COc3ccccc32)[nH]1.